The number of allylic oxidation sites excluding steroid dienone is 2. The van der Waals surface area contributed by atoms with Gasteiger partial charge in [0.1, 0.15) is 0 Å². The fourth-order valence-corrected chi connectivity index (χ4v) is 2.80. The van der Waals surface area contributed by atoms with E-state index in [1.165, 1.54) is 7.11 Å². The molecule has 0 saturated heterocycles. The fourth-order valence-electron chi connectivity index (χ4n) is 2.80. The van der Waals surface area contributed by atoms with Crippen molar-refractivity contribution in [3.63, 3.8) is 0 Å². The van der Waals surface area contributed by atoms with E-state index in [0.29, 0.717) is 29.1 Å². The molecule has 2 heterocycles. The monoisotopic (exact) mass is 330 g/mol. The van der Waals surface area contributed by atoms with Gasteiger partial charge in [-0.1, -0.05) is 13.0 Å². The third kappa shape index (κ3) is 3.48. The lowest BCUT2D eigenvalue weighted by Gasteiger charge is -2.30. The minimum absolute atomic E-state index is 0.325. The van der Waals surface area contributed by atoms with Crippen LogP contribution in [0.1, 0.15) is 38.7 Å². The molecule has 1 aliphatic rings. The molecule has 1 unspecified atom stereocenters. The molecule has 1 aromatic rings. The van der Waals surface area contributed by atoms with E-state index in [9.17, 15) is 9.59 Å². The van der Waals surface area contributed by atoms with Gasteiger partial charge in [-0.25, -0.2) is 9.59 Å². The second-order valence-electron chi connectivity index (χ2n) is 5.55. The fraction of sp³-hybridized carbons (Fsp3) is 0.389. The minimum Gasteiger partial charge on any atom is -0.466 e. The summed E-state index contributed by atoms with van der Waals surface area (Å²) in [5, 5.41) is 3.09. The molecule has 6 heteroatoms. The topological polar surface area (TPSA) is 77.5 Å². The van der Waals surface area contributed by atoms with Crippen molar-refractivity contribution in [1.82, 2.24) is 10.3 Å². The molecule has 0 fully saturated rings. The number of hydrogen-bond donors (Lipinski definition) is 1. The molecule has 1 N–H and O–H groups in total. The number of ether oxygens (including phenoxy) is 2. The number of esters is 2. The maximum absolute atomic E-state index is 12.6. The molecular formula is C18H22N2O4. The number of rotatable bonds is 5. The van der Waals surface area contributed by atoms with Crippen LogP contribution < -0.4 is 5.32 Å². The van der Waals surface area contributed by atoms with Crippen LogP contribution in [0, 0.1) is 0 Å². The normalized spacial score (nSPS) is 17.4. The van der Waals surface area contributed by atoms with Gasteiger partial charge in [0.2, 0.25) is 0 Å². The van der Waals surface area contributed by atoms with Crippen LogP contribution >= 0.6 is 0 Å². The summed E-state index contributed by atoms with van der Waals surface area (Å²) in [7, 11) is 1.32. The summed E-state index contributed by atoms with van der Waals surface area (Å²) in [5.41, 5.74) is 2.85. The smallest absolute Gasteiger partial charge is 0.336 e. The Morgan fingerprint density at radius 2 is 1.88 bits per heavy atom. The first-order valence-electron chi connectivity index (χ1n) is 7.85. The van der Waals surface area contributed by atoms with Gasteiger partial charge in [-0.2, -0.15) is 0 Å². The summed E-state index contributed by atoms with van der Waals surface area (Å²) in [5.74, 6) is -1.50. The van der Waals surface area contributed by atoms with Gasteiger partial charge in [0.25, 0.3) is 0 Å². The molecule has 128 valence electrons. The molecule has 24 heavy (non-hydrogen) atoms. The van der Waals surface area contributed by atoms with Crippen LogP contribution in [0.3, 0.4) is 0 Å². The van der Waals surface area contributed by atoms with Crippen LogP contribution in [0.2, 0.25) is 0 Å². The SMILES string of the molecule is CCCOC(=O)C1=C(C)NC(C)=C(C(=O)OC)C1c1cccnc1. The largest absolute Gasteiger partial charge is 0.466 e. The highest BCUT2D eigenvalue weighted by Crippen LogP contribution is 2.38. The predicted molar refractivity (Wildman–Crippen MR) is 88.8 cm³/mol. The minimum atomic E-state index is -0.572. The van der Waals surface area contributed by atoms with Gasteiger partial charge in [0.05, 0.1) is 30.8 Å². The lowest BCUT2D eigenvalue weighted by atomic mass is 9.81. The highest BCUT2D eigenvalue weighted by molar-refractivity contribution is 5.99. The van der Waals surface area contributed by atoms with E-state index < -0.39 is 17.9 Å². The van der Waals surface area contributed by atoms with E-state index >= 15 is 0 Å². The summed E-state index contributed by atoms with van der Waals surface area (Å²) in [6.45, 7) is 5.83. The van der Waals surface area contributed by atoms with Crippen LogP contribution in [-0.4, -0.2) is 30.6 Å². The molecule has 0 spiro atoms. The van der Waals surface area contributed by atoms with Crippen molar-refractivity contribution in [2.24, 2.45) is 0 Å². The number of aromatic nitrogens is 1. The van der Waals surface area contributed by atoms with Gasteiger partial charge >= 0.3 is 11.9 Å². The zero-order chi connectivity index (χ0) is 17.7. The Morgan fingerprint density at radius 1 is 1.21 bits per heavy atom. The van der Waals surface area contributed by atoms with Gasteiger partial charge in [-0.05, 0) is 31.9 Å². The number of nitrogens with one attached hydrogen (secondary N) is 1. The van der Waals surface area contributed by atoms with Crippen LogP contribution in [0.25, 0.3) is 0 Å². The lowest BCUT2D eigenvalue weighted by Crippen LogP contribution is -2.32. The maximum Gasteiger partial charge on any atom is 0.336 e. The molecule has 0 radical (unpaired) electrons. The van der Waals surface area contributed by atoms with Gasteiger partial charge in [-0.3, -0.25) is 4.98 Å². The molecule has 1 aliphatic heterocycles. The van der Waals surface area contributed by atoms with E-state index in [-0.39, 0.29) is 0 Å². The van der Waals surface area contributed by atoms with Gasteiger partial charge < -0.3 is 14.8 Å². The molecule has 0 amide bonds. The molecule has 2 rings (SSSR count). The second-order valence-corrected chi connectivity index (χ2v) is 5.55. The van der Waals surface area contributed by atoms with Crippen LogP contribution in [0.5, 0.6) is 0 Å². The van der Waals surface area contributed by atoms with Crippen LogP contribution in [-0.2, 0) is 19.1 Å². The number of hydrogen-bond acceptors (Lipinski definition) is 6. The molecule has 0 bridgehead atoms. The van der Waals surface area contributed by atoms with Crippen molar-refractivity contribution in [1.29, 1.82) is 0 Å². The molecule has 0 aliphatic carbocycles. The highest BCUT2D eigenvalue weighted by atomic mass is 16.5. The van der Waals surface area contributed by atoms with Crippen LogP contribution in [0.15, 0.2) is 47.1 Å². The summed E-state index contributed by atoms with van der Waals surface area (Å²) < 4.78 is 10.2. The van der Waals surface area contributed by atoms with Crippen molar-refractivity contribution in [2.45, 2.75) is 33.1 Å². The molecule has 1 aromatic heterocycles. The van der Waals surface area contributed by atoms with E-state index in [1.807, 2.05) is 13.0 Å². The Hall–Kier alpha value is -2.63. The Balaban J connectivity index is 2.56. The Labute approximate surface area is 141 Å². The zero-order valence-corrected chi connectivity index (χ0v) is 14.4. The second kappa shape index (κ2) is 7.77. The first-order valence-corrected chi connectivity index (χ1v) is 7.85. The molecule has 0 aromatic carbocycles. The van der Waals surface area contributed by atoms with Gasteiger partial charge in [0, 0.05) is 23.8 Å². The zero-order valence-electron chi connectivity index (χ0n) is 14.4. The molecule has 0 saturated carbocycles. The predicted octanol–water partition coefficient (Wildman–Crippen LogP) is 2.44. The quantitative estimate of drug-likeness (QED) is 0.836. The number of methoxy groups -OCH3 is 1. The first-order chi connectivity index (χ1) is 11.5. The summed E-state index contributed by atoms with van der Waals surface area (Å²) in [6.07, 6.45) is 4.01. The van der Waals surface area contributed by atoms with Crippen molar-refractivity contribution in [3.05, 3.63) is 52.6 Å². The summed E-state index contributed by atoms with van der Waals surface area (Å²) in [6, 6.07) is 3.60. The van der Waals surface area contributed by atoms with Crippen LogP contribution in [0.4, 0.5) is 0 Å². The van der Waals surface area contributed by atoms with Crippen molar-refractivity contribution >= 4 is 11.9 Å². The molecule has 6 nitrogen and oxygen atoms in total. The summed E-state index contributed by atoms with van der Waals surface area (Å²) >= 11 is 0. The Morgan fingerprint density at radius 3 is 2.42 bits per heavy atom. The average Bonchev–Trinajstić information content (AvgIpc) is 2.59. The van der Waals surface area contributed by atoms with E-state index in [1.54, 1.807) is 32.3 Å². The van der Waals surface area contributed by atoms with Crippen molar-refractivity contribution in [3.8, 4) is 0 Å². The van der Waals surface area contributed by atoms with Gasteiger partial charge in [0.15, 0.2) is 0 Å². The summed E-state index contributed by atoms with van der Waals surface area (Å²) in [4.78, 5) is 29.0. The Bertz CT molecular complexity index is 692. The lowest BCUT2D eigenvalue weighted by molar-refractivity contribution is -0.139. The first kappa shape index (κ1) is 17.7. The van der Waals surface area contributed by atoms with E-state index in [2.05, 4.69) is 10.3 Å². The van der Waals surface area contributed by atoms with Crippen molar-refractivity contribution < 1.29 is 19.1 Å². The van der Waals surface area contributed by atoms with E-state index in [0.717, 1.165) is 12.0 Å². The highest BCUT2D eigenvalue weighted by Gasteiger charge is 2.37. The van der Waals surface area contributed by atoms with Crippen molar-refractivity contribution in [2.75, 3.05) is 13.7 Å². The molecular weight excluding hydrogens is 308 g/mol. The number of nitrogens with zero attached hydrogens (tertiary/aromatic N) is 1. The van der Waals surface area contributed by atoms with Gasteiger partial charge in [-0.15, -0.1) is 0 Å². The number of pyridine rings is 1. The average molecular weight is 330 g/mol. The standard InChI is InChI=1S/C18H22N2O4/c1-5-9-24-18(22)15-12(3)20-11(2)14(17(21)23-4)16(15)13-7-6-8-19-10-13/h6-8,10,16,20H,5,9H2,1-4H3. The number of carbonyl (C=O) groups is 2. The Kier molecular flexibility index (Phi) is 5.73. The number of dihydropyridines is 1. The molecule has 1 atom stereocenters. The van der Waals surface area contributed by atoms with E-state index in [4.69, 9.17) is 9.47 Å². The third-order valence-electron chi connectivity index (χ3n) is 3.84. The third-order valence-corrected chi connectivity index (χ3v) is 3.84. The maximum atomic E-state index is 12.6. The number of carbonyl (C=O) groups excluding carboxylic acids is 2.